The summed E-state index contributed by atoms with van der Waals surface area (Å²) in [6, 6.07) is 21.8. The molecule has 5 nitrogen and oxygen atoms in total. The van der Waals surface area contributed by atoms with Crippen molar-refractivity contribution in [1.82, 2.24) is 4.98 Å². The Bertz CT molecular complexity index is 1210. The second kappa shape index (κ2) is 9.66. The van der Waals surface area contributed by atoms with Crippen LogP contribution in [0.1, 0.15) is 27.2 Å². The number of anilines is 3. The Labute approximate surface area is 192 Å². The van der Waals surface area contributed by atoms with Gasteiger partial charge in [0, 0.05) is 35.3 Å². The molecule has 0 saturated carbocycles. The van der Waals surface area contributed by atoms with Crippen LogP contribution in [-0.4, -0.2) is 17.4 Å². The molecule has 0 aliphatic heterocycles. The van der Waals surface area contributed by atoms with Crippen LogP contribution in [0.25, 0.3) is 11.1 Å². The zero-order valence-electron chi connectivity index (χ0n) is 18.2. The quantitative estimate of drug-likeness (QED) is 0.332. The number of amides is 1. The van der Waals surface area contributed by atoms with Crippen molar-refractivity contribution in [3.63, 3.8) is 0 Å². The molecule has 0 aliphatic carbocycles. The van der Waals surface area contributed by atoms with Gasteiger partial charge in [-0.25, -0.2) is 4.98 Å². The van der Waals surface area contributed by atoms with Crippen LogP contribution >= 0.6 is 11.3 Å². The molecule has 32 heavy (non-hydrogen) atoms. The van der Waals surface area contributed by atoms with Gasteiger partial charge in [0.25, 0.3) is 5.91 Å². The minimum absolute atomic E-state index is 0.119. The highest BCUT2D eigenvalue weighted by Crippen LogP contribution is 2.28. The number of aryl methyl sites for hydroxylation is 2. The largest absolute Gasteiger partial charge is 0.385 e. The van der Waals surface area contributed by atoms with Gasteiger partial charge >= 0.3 is 0 Å². The number of carbonyl (C=O) groups excluding carboxylic acids is 1. The molecular weight excluding hydrogens is 416 g/mol. The predicted octanol–water partition coefficient (Wildman–Crippen LogP) is 5.92. The lowest BCUT2D eigenvalue weighted by Crippen LogP contribution is -2.14. The molecule has 0 fully saturated rings. The van der Waals surface area contributed by atoms with Crippen molar-refractivity contribution in [1.29, 1.82) is 0 Å². The maximum Gasteiger partial charge on any atom is 0.256 e. The number of hydrogen-bond donors (Lipinski definition) is 3. The summed E-state index contributed by atoms with van der Waals surface area (Å²) in [5.41, 5.74) is 13.3. The molecule has 4 N–H and O–H groups in total. The SMILES string of the molecule is Cc1ccc(-c2c(C)cccc2C(=O)Nc2ccc(NCCc3csc(N)n3)cc2)cc1. The molecule has 1 heterocycles. The first kappa shape index (κ1) is 21.6. The summed E-state index contributed by atoms with van der Waals surface area (Å²) >= 11 is 1.46. The van der Waals surface area contributed by atoms with Crippen LogP contribution in [0, 0.1) is 13.8 Å². The van der Waals surface area contributed by atoms with E-state index in [2.05, 4.69) is 46.8 Å². The van der Waals surface area contributed by atoms with E-state index in [4.69, 9.17) is 5.73 Å². The average Bonchev–Trinajstić information content (AvgIpc) is 3.20. The molecule has 3 aromatic carbocycles. The van der Waals surface area contributed by atoms with Crippen LogP contribution in [0.4, 0.5) is 16.5 Å². The van der Waals surface area contributed by atoms with E-state index in [-0.39, 0.29) is 5.91 Å². The summed E-state index contributed by atoms with van der Waals surface area (Å²) in [4.78, 5) is 17.4. The van der Waals surface area contributed by atoms with Crippen molar-refractivity contribution in [3.8, 4) is 11.1 Å². The number of nitrogens with two attached hydrogens (primary N) is 1. The highest BCUT2D eigenvalue weighted by Gasteiger charge is 2.15. The Kier molecular flexibility index (Phi) is 6.52. The van der Waals surface area contributed by atoms with Gasteiger partial charge in [0.05, 0.1) is 5.69 Å². The normalized spacial score (nSPS) is 10.7. The van der Waals surface area contributed by atoms with Crippen molar-refractivity contribution in [3.05, 3.63) is 94.5 Å². The number of hydrogen-bond acceptors (Lipinski definition) is 5. The van der Waals surface area contributed by atoms with E-state index in [0.29, 0.717) is 10.7 Å². The van der Waals surface area contributed by atoms with Gasteiger partial charge in [0.15, 0.2) is 5.13 Å². The summed E-state index contributed by atoms with van der Waals surface area (Å²) in [5, 5.41) is 8.97. The Morgan fingerprint density at radius 1 is 0.969 bits per heavy atom. The molecule has 4 rings (SSSR count). The van der Waals surface area contributed by atoms with Crippen molar-refractivity contribution in [2.24, 2.45) is 0 Å². The van der Waals surface area contributed by atoms with E-state index in [0.717, 1.165) is 46.7 Å². The fraction of sp³-hybridized carbons (Fsp3) is 0.154. The molecule has 0 spiro atoms. The molecule has 0 bridgehead atoms. The van der Waals surface area contributed by atoms with Crippen LogP contribution < -0.4 is 16.4 Å². The van der Waals surface area contributed by atoms with Crippen molar-refractivity contribution < 1.29 is 4.79 Å². The molecule has 0 unspecified atom stereocenters. The van der Waals surface area contributed by atoms with Crippen molar-refractivity contribution in [2.45, 2.75) is 20.3 Å². The van der Waals surface area contributed by atoms with E-state index in [1.165, 1.54) is 16.9 Å². The first-order valence-corrected chi connectivity index (χ1v) is 11.4. The maximum absolute atomic E-state index is 13.1. The number of carbonyl (C=O) groups is 1. The third-order valence-corrected chi connectivity index (χ3v) is 6.00. The van der Waals surface area contributed by atoms with Crippen LogP contribution in [0.5, 0.6) is 0 Å². The standard InChI is InChI=1S/C26H26N4OS/c1-17-6-8-19(9-7-17)24-18(2)4-3-5-23(24)25(31)29-21-12-10-20(11-13-21)28-15-14-22-16-32-26(27)30-22/h3-13,16,28H,14-15H2,1-2H3,(H2,27,30)(H,29,31). The lowest BCUT2D eigenvalue weighted by molar-refractivity contribution is 0.102. The van der Waals surface area contributed by atoms with E-state index in [1.54, 1.807) is 0 Å². The number of nitrogens with one attached hydrogen (secondary N) is 2. The predicted molar refractivity (Wildman–Crippen MR) is 134 cm³/mol. The van der Waals surface area contributed by atoms with Gasteiger partial charge in [-0.3, -0.25) is 4.79 Å². The molecule has 162 valence electrons. The van der Waals surface area contributed by atoms with Crippen molar-refractivity contribution >= 4 is 33.8 Å². The Morgan fingerprint density at radius 3 is 2.38 bits per heavy atom. The van der Waals surface area contributed by atoms with E-state index in [9.17, 15) is 4.79 Å². The number of nitrogens with zero attached hydrogens (tertiary/aromatic N) is 1. The fourth-order valence-electron chi connectivity index (χ4n) is 3.60. The van der Waals surface area contributed by atoms with Crippen LogP contribution in [0.2, 0.25) is 0 Å². The Morgan fingerprint density at radius 2 is 1.69 bits per heavy atom. The first-order chi connectivity index (χ1) is 15.5. The minimum atomic E-state index is -0.119. The first-order valence-electron chi connectivity index (χ1n) is 10.5. The summed E-state index contributed by atoms with van der Waals surface area (Å²) in [6.45, 7) is 4.85. The van der Waals surface area contributed by atoms with Crippen LogP contribution in [0.15, 0.2) is 72.1 Å². The lowest BCUT2D eigenvalue weighted by Gasteiger charge is -2.14. The summed E-state index contributed by atoms with van der Waals surface area (Å²) in [5.74, 6) is -0.119. The Balaban J connectivity index is 1.43. The molecule has 1 aromatic heterocycles. The second-order valence-corrected chi connectivity index (χ2v) is 8.64. The van der Waals surface area contributed by atoms with Gasteiger partial charge in [0.2, 0.25) is 0 Å². The lowest BCUT2D eigenvalue weighted by atomic mass is 9.94. The third-order valence-electron chi connectivity index (χ3n) is 5.28. The molecule has 0 saturated heterocycles. The smallest absolute Gasteiger partial charge is 0.256 e. The monoisotopic (exact) mass is 442 g/mol. The highest BCUT2D eigenvalue weighted by atomic mass is 32.1. The van der Waals surface area contributed by atoms with Gasteiger partial charge in [-0.1, -0.05) is 42.0 Å². The highest BCUT2D eigenvalue weighted by molar-refractivity contribution is 7.13. The zero-order chi connectivity index (χ0) is 22.5. The number of benzene rings is 3. The van der Waals surface area contributed by atoms with Gasteiger partial charge in [-0.15, -0.1) is 11.3 Å². The fourth-order valence-corrected chi connectivity index (χ4v) is 4.20. The molecule has 1 amide bonds. The van der Waals surface area contributed by atoms with Gasteiger partial charge in [-0.2, -0.15) is 0 Å². The zero-order valence-corrected chi connectivity index (χ0v) is 19.0. The van der Waals surface area contributed by atoms with Gasteiger partial charge in [-0.05, 0) is 60.9 Å². The Hall–Kier alpha value is -3.64. The number of rotatable bonds is 7. The molecule has 0 radical (unpaired) electrons. The molecule has 4 aromatic rings. The topological polar surface area (TPSA) is 80.0 Å². The van der Waals surface area contributed by atoms with E-state index in [1.807, 2.05) is 54.8 Å². The molecule has 0 aliphatic rings. The summed E-state index contributed by atoms with van der Waals surface area (Å²) in [6.07, 6.45) is 0.807. The van der Waals surface area contributed by atoms with Crippen LogP contribution in [0.3, 0.4) is 0 Å². The molecule has 6 heteroatoms. The summed E-state index contributed by atoms with van der Waals surface area (Å²) < 4.78 is 0. The van der Waals surface area contributed by atoms with Crippen molar-refractivity contribution in [2.75, 3.05) is 22.9 Å². The van der Waals surface area contributed by atoms with Gasteiger partial charge in [0.1, 0.15) is 0 Å². The number of nitrogen functional groups attached to an aromatic ring is 1. The maximum atomic E-state index is 13.1. The molecule has 0 atom stereocenters. The van der Waals surface area contributed by atoms with E-state index >= 15 is 0 Å². The van der Waals surface area contributed by atoms with Gasteiger partial charge < -0.3 is 16.4 Å². The summed E-state index contributed by atoms with van der Waals surface area (Å²) in [7, 11) is 0. The molecular formula is C26H26N4OS. The van der Waals surface area contributed by atoms with Crippen LogP contribution in [-0.2, 0) is 6.42 Å². The average molecular weight is 443 g/mol. The second-order valence-electron chi connectivity index (χ2n) is 7.75. The number of thiazole rings is 1. The number of aromatic nitrogens is 1. The van der Waals surface area contributed by atoms with E-state index < -0.39 is 0 Å². The third kappa shape index (κ3) is 5.15. The minimum Gasteiger partial charge on any atom is -0.385 e.